The predicted octanol–water partition coefficient (Wildman–Crippen LogP) is 2.49. The molecule has 5 nitrogen and oxygen atoms in total. The Hall–Kier alpha value is -1.10. The fourth-order valence-electron chi connectivity index (χ4n) is 4.07. The summed E-state index contributed by atoms with van der Waals surface area (Å²) in [6.45, 7) is 1.41. The van der Waals surface area contributed by atoms with Crippen molar-refractivity contribution in [3.05, 3.63) is 0 Å². The molecular formula is C19H35N3O2. The van der Waals surface area contributed by atoms with Crippen LogP contribution < -0.4 is 16.4 Å². The first-order chi connectivity index (χ1) is 11.7. The Morgan fingerprint density at radius 3 is 2.29 bits per heavy atom. The van der Waals surface area contributed by atoms with Crippen LogP contribution in [0.5, 0.6) is 0 Å². The Labute approximate surface area is 146 Å². The maximum Gasteiger partial charge on any atom is 0.223 e. The minimum absolute atomic E-state index is 0.120. The van der Waals surface area contributed by atoms with Gasteiger partial charge in [0.15, 0.2) is 0 Å². The van der Waals surface area contributed by atoms with E-state index >= 15 is 0 Å². The van der Waals surface area contributed by atoms with Crippen molar-refractivity contribution in [2.24, 2.45) is 17.6 Å². The SMILES string of the molecule is NCCCCNC(=O)C1CCC(NC(=O)CC2CCCCC2)CC1. The molecule has 0 aromatic rings. The molecule has 0 saturated heterocycles. The van der Waals surface area contributed by atoms with Crippen LogP contribution in [0.3, 0.4) is 0 Å². The number of carbonyl (C=O) groups is 2. The first kappa shape index (κ1) is 19.2. The van der Waals surface area contributed by atoms with Gasteiger partial charge in [-0.1, -0.05) is 19.3 Å². The van der Waals surface area contributed by atoms with Gasteiger partial charge in [-0.15, -0.1) is 0 Å². The van der Waals surface area contributed by atoms with E-state index < -0.39 is 0 Å². The molecule has 0 spiro atoms. The van der Waals surface area contributed by atoms with Crippen molar-refractivity contribution in [3.8, 4) is 0 Å². The van der Waals surface area contributed by atoms with Crippen LogP contribution in [0.25, 0.3) is 0 Å². The molecule has 2 amide bonds. The van der Waals surface area contributed by atoms with Gasteiger partial charge in [-0.3, -0.25) is 9.59 Å². The highest BCUT2D eigenvalue weighted by molar-refractivity contribution is 5.79. The van der Waals surface area contributed by atoms with E-state index in [1.165, 1.54) is 32.1 Å². The molecule has 0 radical (unpaired) electrons. The van der Waals surface area contributed by atoms with Gasteiger partial charge in [-0.05, 0) is 63.8 Å². The molecule has 4 N–H and O–H groups in total. The molecule has 2 aliphatic carbocycles. The van der Waals surface area contributed by atoms with E-state index in [4.69, 9.17) is 5.73 Å². The third-order valence-corrected chi connectivity index (χ3v) is 5.59. The zero-order valence-electron chi connectivity index (χ0n) is 15.0. The fraction of sp³-hybridized carbons (Fsp3) is 0.895. The highest BCUT2D eigenvalue weighted by Gasteiger charge is 2.27. The van der Waals surface area contributed by atoms with Gasteiger partial charge in [0.25, 0.3) is 0 Å². The van der Waals surface area contributed by atoms with Gasteiger partial charge < -0.3 is 16.4 Å². The van der Waals surface area contributed by atoms with Crippen LogP contribution in [0.15, 0.2) is 0 Å². The Kier molecular flexibility index (Phi) is 8.57. The number of hydrogen-bond donors (Lipinski definition) is 3. The average molecular weight is 338 g/mol. The minimum Gasteiger partial charge on any atom is -0.356 e. The van der Waals surface area contributed by atoms with E-state index in [2.05, 4.69) is 10.6 Å². The summed E-state index contributed by atoms with van der Waals surface area (Å²) in [5.74, 6) is 1.11. The molecule has 2 fully saturated rings. The first-order valence-corrected chi connectivity index (χ1v) is 9.96. The summed E-state index contributed by atoms with van der Waals surface area (Å²) in [6.07, 6.45) is 12.6. The quantitative estimate of drug-likeness (QED) is 0.595. The van der Waals surface area contributed by atoms with Crippen molar-refractivity contribution in [2.75, 3.05) is 13.1 Å². The second kappa shape index (κ2) is 10.7. The third-order valence-electron chi connectivity index (χ3n) is 5.59. The van der Waals surface area contributed by atoms with Gasteiger partial charge in [0.1, 0.15) is 0 Å². The molecule has 138 valence electrons. The Balaban J connectivity index is 1.59. The van der Waals surface area contributed by atoms with Crippen LogP contribution in [-0.2, 0) is 9.59 Å². The highest BCUT2D eigenvalue weighted by Crippen LogP contribution is 2.27. The van der Waals surface area contributed by atoms with Crippen molar-refractivity contribution < 1.29 is 9.59 Å². The molecule has 5 heteroatoms. The molecule has 0 heterocycles. The molecule has 24 heavy (non-hydrogen) atoms. The molecule has 2 rings (SSSR count). The van der Waals surface area contributed by atoms with Crippen LogP contribution >= 0.6 is 0 Å². The Morgan fingerprint density at radius 1 is 0.917 bits per heavy atom. The van der Waals surface area contributed by atoms with Gasteiger partial charge in [0.05, 0.1) is 0 Å². The Morgan fingerprint density at radius 2 is 1.62 bits per heavy atom. The number of nitrogens with one attached hydrogen (secondary N) is 2. The van der Waals surface area contributed by atoms with E-state index in [9.17, 15) is 9.59 Å². The number of unbranched alkanes of at least 4 members (excludes halogenated alkanes) is 1. The molecule has 0 bridgehead atoms. The van der Waals surface area contributed by atoms with Crippen molar-refractivity contribution >= 4 is 11.8 Å². The molecule has 0 aromatic carbocycles. The summed E-state index contributed by atoms with van der Waals surface area (Å²) < 4.78 is 0. The minimum atomic E-state index is 0.120. The topological polar surface area (TPSA) is 84.2 Å². The molecule has 0 atom stereocenters. The molecular weight excluding hydrogens is 302 g/mol. The van der Waals surface area contributed by atoms with Crippen LogP contribution in [0.4, 0.5) is 0 Å². The standard InChI is InChI=1S/C19H35N3O2/c20-12-4-5-13-21-19(24)16-8-10-17(11-9-16)22-18(23)14-15-6-2-1-3-7-15/h15-17H,1-14,20H2,(H,21,24)(H,22,23). The summed E-state index contributed by atoms with van der Waals surface area (Å²) in [6, 6.07) is 0.266. The van der Waals surface area contributed by atoms with Crippen molar-refractivity contribution in [1.82, 2.24) is 10.6 Å². The van der Waals surface area contributed by atoms with Gasteiger partial charge in [-0.2, -0.15) is 0 Å². The fourth-order valence-corrected chi connectivity index (χ4v) is 4.07. The summed E-state index contributed by atoms with van der Waals surface area (Å²) in [5, 5.41) is 6.22. The highest BCUT2D eigenvalue weighted by atomic mass is 16.2. The largest absolute Gasteiger partial charge is 0.356 e. The predicted molar refractivity (Wildman–Crippen MR) is 96.4 cm³/mol. The number of nitrogens with two attached hydrogens (primary N) is 1. The smallest absolute Gasteiger partial charge is 0.223 e. The van der Waals surface area contributed by atoms with E-state index in [0.717, 1.165) is 45.1 Å². The molecule has 2 saturated carbocycles. The zero-order valence-corrected chi connectivity index (χ0v) is 15.0. The van der Waals surface area contributed by atoms with Crippen LogP contribution in [-0.4, -0.2) is 30.9 Å². The zero-order chi connectivity index (χ0) is 17.2. The van der Waals surface area contributed by atoms with Gasteiger partial charge >= 0.3 is 0 Å². The van der Waals surface area contributed by atoms with Crippen LogP contribution in [0.2, 0.25) is 0 Å². The average Bonchev–Trinajstić information content (AvgIpc) is 2.60. The number of rotatable bonds is 8. The van der Waals surface area contributed by atoms with E-state index in [1.807, 2.05) is 0 Å². The Bertz CT molecular complexity index is 386. The maximum atomic E-state index is 12.2. The molecule has 0 aliphatic heterocycles. The van der Waals surface area contributed by atoms with Gasteiger partial charge in [0, 0.05) is 24.9 Å². The lowest BCUT2D eigenvalue weighted by atomic mass is 9.84. The second-order valence-corrected chi connectivity index (χ2v) is 7.61. The summed E-state index contributed by atoms with van der Waals surface area (Å²) in [4.78, 5) is 24.3. The lowest BCUT2D eigenvalue weighted by Gasteiger charge is -2.29. The maximum absolute atomic E-state index is 12.2. The third kappa shape index (κ3) is 6.80. The van der Waals surface area contributed by atoms with E-state index in [0.29, 0.717) is 18.9 Å². The van der Waals surface area contributed by atoms with Crippen LogP contribution in [0, 0.1) is 11.8 Å². The second-order valence-electron chi connectivity index (χ2n) is 7.61. The molecule has 2 aliphatic rings. The van der Waals surface area contributed by atoms with E-state index in [-0.39, 0.29) is 23.8 Å². The van der Waals surface area contributed by atoms with Crippen LogP contribution in [0.1, 0.15) is 77.0 Å². The number of amides is 2. The summed E-state index contributed by atoms with van der Waals surface area (Å²) >= 11 is 0. The first-order valence-electron chi connectivity index (χ1n) is 9.96. The van der Waals surface area contributed by atoms with Gasteiger partial charge in [0.2, 0.25) is 11.8 Å². The van der Waals surface area contributed by atoms with Crippen molar-refractivity contribution in [3.63, 3.8) is 0 Å². The van der Waals surface area contributed by atoms with E-state index in [1.54, 1.807) is 0 Å². The summed E-state index contributed by atoms with van der Waals surface area (Å²) in [7, 11) is 0. The van der Waals surface area contributed by atoms with Crippen molar-refractivity contribution in [1.29, 1.82) is 0 Å². The number of carbonyl (C=O) groups excluding carboxylic acids is 2. The van der Waals surface area contributed by atoms with Gasteiger partial charge in [-0.25, -0.2) is 0 Å². The monoisotopic (exact) mass is 337 g/mol. The molecule has 0 aromatic heterocycles. The number of hydrogen-bond acceptors (Lipinski definition) is 3. The normalized spacial score (nSPS) is 25.2. The van der Waals surface area contributed by atoms with Crippen molar-refractivity contribution in [2.45, 2.75) is 83.1 Å². The lowest BCUT2D eigenvalue weighted by Crippen LogP contribution is -2.41. The lowest BCUT2D eigenvalue weighted by molar-refractivity contribution is -0.126. The summed E-state index contributed by atoms with van der Waals surface area (Å²) in [5.41, 5.74) is 5.45. The molecule has 0 unspecified atom stereocenters.